The molecule has 0 atom stereocenters. The Labute approximate surface area is 62.5 Å². The maximum Gasteiger partial charge on any atom is 0.0696 e. The summed E-state index contributed by atoms with van der Waals surface area (Å²) in [6.45, 7) is 7.01. The molecule has 0 aliphatic rings. The Morgan fingerprint density at radius 2 is 2.30 bits per heavy atom. The molecule has 2 heteroatoms. The lowest BCUT2D eigenvalue weighted by atomic mass is 10.3. The van der Waals surface area contributed by atoms with Crippen molar-refractivity contribution in [3.8, 4) is 0 Å². The first kappa shape index (κ1) is 9.66. The van der Waals surface area contributed by atoms with Gasteiger partial charge in [0.25, 0.3) is 0 Å². The summed E-state index contributed by atoms with van der Waals surface area (Å²) >= 11 is 0. The lowest BCUT2D eigenvalue weighted by Crippen LogP contribution is -2.01. The molecule has 0 heterocycles. The molecule has 0 rings (SSSR count). The number of aliphatic hydroxyl groups is 1. The van der Waals surface area contributed by atoms with Gasteiger partial charge in [-0.15, -0.1) is 0 Å². The summed E-state index contributed by atoms with van der Waals surface area (Å²) in [7, 11) is 0. The summed E-state index contributed by atoms with van der Waals surface area (Å²) in [5.41, 5.74) is 0.746. The van der Waals surface area contributed by atoms with Crippen LogP contribution in [0.15, 0.2) is 12.2 Å². The van der Waals surface area contributed by atoms with E-state index >= 15 is 0 Å². The van der Waals surface area contributed by atoms with Crippen LogP contribution < -0.4 is 0 Å². The predicted octanol–water partition coefficient (Wildman–Crippen LogP) is 1.35. The highest BCUT2D eigenvalue weighted by molar-refractivity contribution is 4.93. The Bertz CT molecular complexity index is 89.3. The number of hydrogen-bond acceptors (Lipinski definition) is 2. The van der Waals surface area contributed by atoms with E-state index in [1.165, 1.54) is 0 Å². The predicted molar refractivity (Wildman–Crippen MR) is 42.0 cm³/mol. The normalized spacial score (nSPS) is 9.80. The molecule has 0 aliphatic carbocycles. The van der Waals surface area contributed by atoms with E-state index in [4.69, 9.17) is 9.84 Å². The van der Waals surface area contributed by atoms with Crippen molar-refractivity contribution in [2.24, 2.45) is 0 Å². The van der Waals surface area contributed by atoms with Gasteiger partial charge in [0, 0.05) is 6.61 Å². The van der Waals surface area contributed by atoms with Crippen molar-refractivity contribution in [3.05, 3.63) is 12.2 Å². The van der Waals surface area contributed by atoms with Crippen LogP contribution in [0.4, 0.5) is 0 Å². The van der Waals surface area contributed by atoms with E-state index in [0.717, 1.165) is 25.0 Å². The Kier molecular flexibility index (Phi) is 6.55. The van der Waals surface area contributed by atoms with Crippen LogP contribution in [0, 0.1) is 0 Å². The van der Waals surface area contributed by atoms with Crippen molar-refractivity contribution in [1.82, 2.24) is 0 Å². The summed E-state index contributed by atoms with van der Waals surface area (Å²) < 4.78 is 5.17. The van der Waals surface area contributed by atoms with Gasteiger partial charge in [-0.25, -0.2) is 0 Å². The third-order valence-electron chi connectivity index (χ3n) is 1.17. The van der Waals surface area contributed by atoms with Crippen molar-refractivity contribution in [3.63, 3.8) is 0 Å². The molecule has 0 amide bonds. The molecule has 0 unspecified atom stereocenters. The second kappa shape index (κ2) is 6.78. The Morgan fingerprint density at radius 1 is 1.60 bits per heavy atom. The molecule has 0 aromatic heterocycles. The van der Waals surface area contributed by atoms with E-state index in [-0.39, 0.29) is 6.61 Å². The fourth-order valence-electron chi connectivity index (χ4n) is 0.509. The lowest BCUT2D eigenvalue weighted by molar-refractivity contribution is 0.144. The van der Waals surface area contributed by atoms with Gasteiger partial charge < -0.3 is 9.84 Å². The van der Waals surface area contributed by atoms with Gasteiger partial charge in [0.1, 0.15) is 0 Å². The Morgan fingerprint density at radius 3 is 2.80 bits per heavy atom. The number of rotatable bonds is 6. The van der Waals surface area contributed by atoms with Crippen LogP contribution in [0.5, 0.6) is 0 Å². The first-order valence-electron chi connectivity index (χ1n) is 3.66. The van der Waals surface area contributed by atoms with E-state index in [1.54, 1.807) is 0 Å². The second-order valence-electron chi connectivity index (χ2n) is 2.31. The van der Waals surface area contributed by atoms with Crippen molar-refractivity contribution >= 4 is 0 Å². The molecular formula is C8H16O2. The molecule has 0 saturated carbocycles. The minimum atomic E-state index is 0.0339. The maximum absolute atomic E-state index is 8.51. The average molecular weight is 144 g/mol. The Balaban J connectivity index is 2.96. The number of unbranched alkanes of at least 4 members (excludes halogenated alkanes) is 1. The largest absolute Gasteiger partial charge is 0.392 e. The molecule has 0 fully saturated rings. The van der Waals surface area contributed by atoms with Gasteiger partial charge in [0.15, 0.2) is 0 Å². The molecule has 60 valence electrons. The second-order valence-corrected chi connectivity index (χ2v) is 2.31. The summed E-state index contributed by atoms with van der Waals surface area (Å²) in [4.78, 5) is 0. The van der Waals surface area contributed by atoms with E-state index < -0.39 is 0 Å². The van der Waals surface area contributed by atoms with E-state index in [1.807, 2.05) is 0 Å². The topological polar surface area (TPSA) is 29.5 Å². The van der Waals surface area contributed by atoms with Crippen LogP contribution in [0.1, 0.15) is 19.8 Å². The molecule has 0 spiro atoms. The average Bonchev–Trinajstić information content (AvgIpc) is 1.98. The maximum atomic E-state index is 8.51. The van der Waals surface area contributed by atoms with Gasteiger partial charge in [0.2, 0.25) is 0 Å². The standard InChI is InChI=1S/C8H16O2/c1-3-4-5-10-7-8(2)6-9/h9H,2-7H2,1H3. The van der Waals surface area contributed by atoms with Gasteiger partial charge >= 0.3 is 0 Å². The Hall–Kier alpha value is -0.340. The quantitative estimate of drug-likeness (QED) is 0.450. The third kappa shape index (κ3) is 5.79. The minimum Gasteiger partial charge on any atom is -0.392 e. The molecule has 2 nitrogen and oxygen atoms in total. The zero-order valence-electron chi connectivity index (χ0n) is 6.60. The molecule has 0 saturated heterocycles. The summed E-state index contributed by atoms with van der Waals surface area (Å²) in [5, 5.41) is 8.51. The SMILES string of the molecule is C=C(CO)COCCCC. The molecule has 0 aromatic rings. The van der Waals surface area contributed by atoms with Crippen molar-refractivity contribution in [2.45, 2.75) is 19.8 Å². The van der Waals surface area contributed by atoms with Gasteiger partial charge in [-0.1, -0.05) is 19.9 Å². The van der Waals surface area contributed by atoms with Crippen LogP contribution in [0.3, 0.4) is 0 Å². The molecule has 0 aromatic carbocycles. The summed E-state index contributed by atoms with van der Waals surface area (Å²) in [5.74, 6) is 0. The smallest absolute Gasteiger partial charge is 0.0696 e. The minimum absolute atomic E-state index is 0.0339. The summed E-state index contributed by atoms with van der Waals surface area (Å²) in [6, 6.07) is 0. The van der Waals surface area contributed by atoms with Gasteiger partial charge in [-0.3, -0.25) is 0 Å². The highest BCUT2D eigenvalue weighted by Crippen LogP contribution is 1.92. The van der Waals surface area contributed by atoms with Crippen molar-refractivity contribution in [2.75, 3.05) is 19.8 Å². The molecule has 0 radical (unpaired) electrons. The zero-order chi connectivity index (χ0) is 7.82. The molecule has 1 N–H and O–H groups in total. The van der Waals surface area contributed by atoms with Crippen LogP contribution in [0.2, 0.25) is 0 Å². The van der Waals surface area contributed by atoms with E-state index in [2.05, 4.69) is 13.5 Å². The number of ether oxygens (including phenoxy) is 1. The first-order chi connectivity index (χ1) is 4.81. The fraction of sp³-hybridized carbons (Fsp3) is 0.750. The van der Waals surface area contributed by atoms with Crippen molar-refractivity contribution < 1.29 is 9.84 Å². The monoisotopic (exact) mass is 144 g/mol. The first-order valence-corrected chi connectivity index (χ1v) is 3.66. The van der Waals surface area contributed by atoms with Crippen LogP contribution in [0.25, 0.3) is 0 Å². The summed E-state index contributed by atoms with van der Waals surface area (Å²) in [6.07, 6.45) is 2.23. The van der Waals surface area contributed by atoms with Crippen LogP contribution >= 0.6 is 0 Å². The van der Waals surface area contributed by atoms with Crippen LogP contribution in [-0.4, -0.2) is 24.9 Å². The van der Waals surface area contributed by atoms with Gasteiger partial charge in [-0.2, -0.15) is 0 Å². The highest BCUT2D eigenvalue weighted by Gasteiger charge is 1.90. The highest BCUT2D eigenvalue weighted by atomic mass is 16.5. The van der Waals surface area contributed by atoms with Crippen LogP contribution in [-0.2, 0) is 4.74 Å². The molecule has 0 bridgehead atoms. The van der Waals surface area contributed by atoms with Gasteiger partial charge in [0.05, 0.1) is 13.2 Å². The molecular weight excluding hydrogens is 128 g/mol. The molecule has 10 heavy (non-hydrogen) atoms. The van der Waals surface area contributed by atoms with E-state index in [0.29, 0.717) is 6.61 Å². The molecule has 0 aliphatic heterocycles. The lowest BCUT2D eigenvalue weighted by Gasteiger charge is -2.02. The number of aliphatic hydroxyl groups excluding tert-OH is 1. The van der Waals surface area contributed by atoms with E-state index in [9.17, 15) is 0 Å². The van der Waals surface area contributed by atoms with Crippen molar-refractivity contribution in [1.29, 1.82) is 0 Å². The fourth-order valence-corrected chi connectivity index (χ4v) is 0.509. The third-order valence-corrected chi connectivity index (χ3v) is 1.17. The van der Waals surface area contributed by atoms with Gasteiger partial charge in [-0.05, 0) is 12.0 Å². The number of hydrogen-bond donors (Lipinski definition) is 1. The zero-order valence-corrected chi connectivity index (χ0v) is 6.60.